The molecule has 9 heteroatoms. The van der Waals surface area contributed by atoms with Crippen LogP contribution in [0.15, 0.2) is 108 Å². The Morgan fingerprint density at radius 1 is 0.875 bits per heavy atom. The molecule has 0 atom stereocenters. The molecule has 1 aliphatic heterocycles. The van der Waals surface area contributed by atoms with Crippen molar-refractivity contribution in [2.24, 2.45) is 5.10 Å². The zero-order valence-corrected chi connectivity index (χ0v) is 21.9. The van der Waals surface area contributed by atoms with Crippen molar-refractivity contribution in [1.29, 1.82) is 0 Å². The van der Waals surface area contributed by atoms with Gasteiger partial charge in [-0.3, -0.25) is 9.59 Å². The van der Waals surface area contributed by atoms with E-state index in [1.807, 2.05) is 24.3 Å². The van der Waals surface area contributed by atoms with Crippen molar-refractivity contribution in [3.8, 4) is 17.2 Å². The van der Waals surface area contributed by atoms with E-state index in [2.05, 4.69) is 15.8 Å². The third kappa shape index (κ3) is 6.86. The van der Waals surface area contributed by atoms with E-state index in [1.165, 1.54) is 6.21 Å². The highest BCUT2D eigenvalue weighted by Gasteiger charge is 2.17. The molecule has 0 saturated carbocycles. The molecule has 1 heterocycles. The van der Waals surface area contributed by atoms with Crippen LogP contribution in [0.2, 0.25) is 5.02 Å². The first-order valence-corrected chi connectivity index (χ1v) is 12.7. The zero-order valence-electron chi connectivity index (χ0n) is 21.2. The average Bonchev–Trinajstić information content (AvgIpc) is 3.45. The van der Waals surface area contributed by atoms with E-state index < -0.39 is 11.8 Å². The summed E-state index contributed by atoms with van der Waals surface area (Å²) in [5.41, 5.74) is 5.16. The van der Waals surface area contributed by atoms with Gasteiger partial charge in [-0.25, -0.2) is 5.43 Å². The number of amides is 2. The summed E-state index contributed by atoms with van der Waals surface area (Å²) in [6.45, 7) is 0.472. The van der Waals surface area contributed by atoms with Crippen molar-refractivity contribution < 1.29 is 23.8 Å². The minimum atomic E-state index is -0.599. The first kappa shape index (κ1) is 26.5. The lowest BCUT2D eigenvalue weighted by Crippen LogP contribution is -2.32. The maximum Gasteiger partial charge on any atom is 0.287 e. The Balaban J connectivity index is 1.25. The van der Waals surface area contributed by atoms with Crippen LogP contribution in [0.5, 0.6) is 17.2 Å². The van der Waals surface area contributed by atoms with Crippen LogP contribution in [0.3, 0.4) is 0 Å². The molecule has 0 bridgehead atoms. The SMILES string of the molecule is O=C(N/N=C/c1ccc(OCc2ccccc2Cl)cc1)/C(=C\c1ccc2c(c1)OCO2)NC(=O)c1ccccc1. The molecule has 0 aliphatic carbocycles. The summed E-state index contributed by atoms with van der Waals surface area (Å²) in [7, 11) is 0. The van der Waals surface area contributed by atoms with E-state index in [0.29, 0.717) is 40.0 Å². The Labute approximate surface area is 235 Å². The number of ether oxygens (including phenoxy) is 3. The molecule has 8 nitrogen and oxygen atoms in total. The summed E-state index contributed by atoms with van der Waals surface area (Å²) < 4.78 is 16.6. The van der Waals surface area contributed by atoms with Crippen LogP contribution in [0.1, 0.15) is 27.0 Å². The molecular formula is C31H24ClN3O5. The maximum absolute atomic E-state index is 13.0. The van der Waals surface area contributed by atoms with E-state index in [4.69, 9.17) is 25.8 Å². The molecule has 1 aliphatic rings. The van der Waals surface area contributed by atoms with Gasteiger partial charge in [0.25, 0.3) is 11.8 Å². The molecule has 0 spiro atoms. The second-order valence-electron chi connectivity index (χ2n) is 8.64. The van der Waals surface area contributed by atoms with Crippen molar-refractivity contribution in [2.45, 2.75) is 6.61 Å². The lowest BCUT2D eigenvalue weighted by Gasteiger charge is -2.09. The minimum absolute atomic E-state index is 0.00758. The van der Waals surface area contributed by atoms with E-state index in [9.17, 15) is 9.59 Å². The summed E-state index contributed by atoms with van der Waals surface area (Å²) in [6.07, 6.45) is 3.03. The van der Waals surface area contributed by atoms with Gasteiger partial charge in [-0.1, -0.05) is 54.1 Å². The Morgan fingerprint density at radius 2 is 1.60 bits per heavy atom. The molecule has 5 rings (SSSR count). The third-order valence-electron chi connectivity index (χ3n) is 5.85. The van der Waals surface area contributed by atoms with Crippen molar-refractivity contribution in [3.05, 3.63) is 130 Å². The number of rotatable bonds is 9. The highest BCUT2D eigenvalue weighted by Crippen LogP contribution is 2.33. The smallest absolute Gasteiger partial charge is 0.287 e. The largest absolute Gasteiger partial charge is 0.489 e. The van der Waals surface area contributed by atoms with Crippen molar-refractivity contribution in [3.63, 3.8) is 0 Å². The van der Waals surface area contributed by atoms with Crippen LogP contribution in [0.4, 0.5) is 0 Å². The van der Waals surface area contributed by atoms with Gasteiger partial charge in [0, 0.05) is 16.1 Å². The number of carbonyl (C=O) groups is 2. The number of fused-ring (bicyclic) bond motifs is 1. The van der Waals surface area contributed by atoms with Crippen molar-refractivity contribution in [1.82, 2.24) is 10.7 Å². The van der Waals surface area contributed by atoms with Gasteiger partial charge in [0.15, 0.2) is 11.5 Å². The third-order valence-corrected chi connectivity index (χ3v) is 6.22. The molecule has 0 unspecified atom stereocenters. The van der Waals surface area contributed by atoms with E-state index in [0.717, 1.165) is 11.1 Å². The number of halogens is 1. The first-order valence-electron chi connectivity index (χ1n) is 12.3. The number of nitrogens with one attached hydrogen (secondary N) is 2. The number of carbonyl (C=O) groups excluding carboxylic acids is 2. The Bertz CT molecular complexity index is 1570. The summed E-state index contributed by atoms with van der Waals surface area (Å²) in [4.78, 5) is 25.8. The maximum atomic E-state index is 13.0. The highest BCUT2D eigenvalue weighted by molar-refractivity contribution is 6.31. The molecule has 4 aromatic rings. The van der Waals surface area contributed by atoms with Gasteiger partial charge in [-0.15, -0.1) is 0 Å². The van der Waals surface area contributed by atoms with E-state index >= 15 is 0 Å². The molecule has 2 N–H and O–H groups in total. The van der Waals surface area contributed by atoms with Crippen LogP contribution >= 0.6 is 11.6 Å². The topological polar surface area (TPSA) is 98.2 Å². The van der Waals surface area contributed by atoms with Gasteiger partial charge < -0.3 is 19.5 Å². The van der Waals surface area contributed by atoms with Gasteiger partial charge >= 0.3 is 0 Å². The second-order valence-corrected chi connectivity index (χ2v) is 9.05. The summed E-state index contributed by atoms with van der Waals surface area (Å²) in [5, 5.41) is 7.38. The Kier molecular flexibility index (Phi) is 8.38. The number of hydrazone groups is 1. The molecular weight excluding hydrogens is 530 g/mol. The predicted molar refractivity (Wildman–Crippen MR) is 152 cm³/mol. The monoisotopic (exact) mass is 553 g/mol. The Hall–Kier alpha value is -5.08. The highest BCUT2D eigenvalue weighted by atomic mass is 35.5. The molecule has 0 saturated heterocycles. The fraction of sp³-hybridized carbons (Fsp3) is 0.0645. The molecule has 0 aromatic heterocycles. The van der Waals surface area contributed by atoms with Gasteiger partial charge in [0.05, 0.1) is 6.21 Å². The average molecular weight is 554 g/mol. The quantitative estimate of drug-likeness (QED) is 0.160. The summed E-state index contributed by atoms with van der Waals surface area (Å²) in [5.74, 6) is 0.803. The van der Waals surface area contributed by atoms with Crippen molar-refractivity contribution in [2.75, 3.05) is 6.79 Å². The first-order chi connectivity index (χ1) is 19.5. The molecule has 200 valence electrons. The Morgan fingerprint density at radius 3 is 2.40 bits per heavy atom. The summed E-state index contributed by atoms with van der Waals surface area (Å²) in [6, 6.07) is 28.5. The van der Waals surface area contributed by atoms with E-state index in [1.54, 1.807) is 78.9 Å². The van der Waals surface area contributed by atoms with Crippen LogP contribution in [0, 0.1) is 0 Å². The number of benzene rings is 4. The summed E-state index contributed by atoms with van der Waals surface area (Å²) >= 11 is 6.18. The number of hydrogen-bond acceptors (Lipinski definition) is 6. The molecule has 0 radical (unpaired) electrons. The van der Waals surface area contributed by atoms with Gasteiger partial charge in [0.2, 0.25) is 6.79 Å². The molecule has 40 heavy (non-hydrogen) atoms. The zero-order chi connectivity index (χ0) is 27.7. The number of nitrogens with zero attached hydrogens (tertiary/aromatic N) is 1. The lowest BCUT2D eigenvalue weighted by molar-refractivity contribution is -0.117. The standard InChI is InChI=1S/C31H24ClN3O5/c32-26-9-5-4-8-24(26)19-38-25-13-10-21(11-14-25)18-33-35-31(37)27(34-30(36)23-6-2-1-3-7-23)16-22-12-15-28-29(17-22)40-20-39-28/h1-18H,19-20H2,(H,34,36)(H,35,37)/b27-16+,33-18+. The second kappa shape index (κ2) is 12.6. The van der Waals surface area contributed by atoms with Crippen LogP contribution in [-0.2, 0) is 11.4 Å². The van der Waals surface area contributed by atoms with Crippen LogP contribution in [-0.4, -0.2) is 24.8 Å². The van der Waals surface area contributed by atoms with E-state index in [-0.39, 0.29) is 12.5 Å². The number of hydrogen-bond donors (Lipinski definition) is 2. The normalized spacial score (nSPS) is 12.3. The molecule has 2 amide bonds. The fourth-order valence-corrected chi connectivity index (χ4v) is 3.95. The van der Waals surface area contributed by atoms with Crippen LogP contribution in [0.25, 0.3) is 6.08 Å². The lowest BCUT2D eigenvalue weighted by atomic mass is 10.1. The molecule has 4 aromatic carbocycles. The van der Waals surface area contributed by atoms with Gasteiger partial charge in [0.1, 0.15) is 18.1 Å². The predicted octanol–water partition coefficient (Wildman–Crippen LogP) is 5.57. The van der Waals surface area contributed by atoms with Crippen LogP contribution < -0.4 is 25.0 Å². The molecule has 0 fully saturated rings. The van der Waals surface area contributed by atoms with Crippen molar-refractivity contribution >= 4 is 35.7 Å². The minimum Gasteiger partial charge on any atom is -0.489 e. The van der Waals surface area contributed by atoms with Gasteiger partial charge in [-0.05, 0) is 71.8 Å². The van der Waals surface area contributed by atoms with Gasteiger partial charge in [-0.2, -0.15) is 5.10 Å². The fourth-order valence-electron chi connectivity index (χ4n) is 3.76.